The molecule has 5 heteroatoms. The highest BCUT2D eigenvalue weighted by molar-refractivity contribution is 6.22. The summed E-state index contributed by atoms with van der Waals surface area (Å²) in [5, 5.41) is 21.5. The van der Waals surface area contributed by atoms with Crippen molar-refractivity contribution in [2.45, 2.75) is 0 Å². The standard InChI is InChI=1S/C34H22N4O/c39-30-17-6-4-11-23(30)27-15-8-18-31(35-27)38-29-16-5-3-12-24(29)34(37-38)26-14-7-13-25-32-22-10-2-1-9-21(22)19-20-28(32)36-33(25)26/h1-20,36,39H. The van der Waals surface area contributed by atoms with Crippen molar-refractivity contribution in [1.82, 2.24) is 19.7 Å². The molecule has 3 aromatic heterocycles. The number of hydrogen-bond donors (Lipinski definition) is 2. The van der Waals surface area contributed by atoms with Crippen LogP contribution in [0.5, 0.6) is 5.75 Å². The third-order valence-corrected chi connectivity index (χ3v) is 7.50. The third kappa shape index (κ3) is 3.27. The number of phenols is 1. The van der Waals surface area contributed by atoms with Crippen LogP contribution >= 0.6 is 0 Å². The van der Waals surface area contributed by atoms with E-state index in [-0.39, 0.29) is 5.75 Å². The number of para-hydroxylation sites is 3. The maximum absolute atomic E-state index is 10.4. The summed E-state index contributed by atoms with van der Waals surface area (Å²) in [6.07, 6.45) is 0. The highest BCUT2D eigenvalue weighted by atomic mass is 16.3. The summed E-state index contributed by atoms with van der Waals surface area (Å²) in [7, 11) is 0. The molecule has 8 rings (SSSR count). The van der Waals surface area contributed by atoms with Gasteiger partial charge in [0.1, 0.15) is 11.4 Å². The molecule has 184 valence electrons. The van der Waals surface area contributed by atoms with Gasteiger partial charge in [-0.2, -0.15) is 5.10 Å². The highest BCUT2D eigenvalue weighted by Gasteiger charge is 2.19. The summed E-state index contributed by atoms with van der Waals surface area (Å²) < 4.78 is 1.89. The minimum Gasteiger partial charge on any atom is -0.507 e. The maximum atomic E-state index is 10.4. The number of phenolic OH excluding ortho intramolecular Hbond substituents is 1. The first-order valence-corrected chi connectivity index (χ1v) is 12.9. The molecule has 0 unspecified atom stereocenters. The van der Waals surface area contributed by atoms with Crippen LogP contribution in [-0.4, -0.2) is 24.9 Å². The second-order valence-electron chi connectivity index (χ2n) is 9.74. The first-order valence-electron chi connectivity index (χ1n) is 12.9. The molecule has 8 aromatic rings. The largest absolute Gasteiger partial charge is 0.507 e. The summed E-state index contributed by atoms with van der Waals surface area (Å²) in [4.78, 5) is 8.59. The molecular formula is C34H22N4O. The van der Waals surface area contributed by atoms with Crippen LogP contribution < -0.4 is 0 Å². The van der Waals surface area contributed by atoms with Gasteiger partial charge in [-0.05, 0) is 47.2 Å². The predicted octanol–water partition coefficient (Wildman–Crippen LogP) is 8.25. The molecule has 5 nitrogen and oxygen atoms in total. The second kappa shape index (κ2) is 8.30. The van der Waals surface area contributed by atoms with E-state index in [1.165, 1.54) is 21.5 Å². The Labute approximate surface area is 223 Å². The average Bonchev–Trinajstić information content (AvgIpc) is 3.57. The Morgan fingerprint density at radius 1 is 0.615 bits per heavy atom. The smallest absolute Gasteiger partial charge is 0.154 e. The number of fused-ring (bicyclic) bond motifs is 6. The number of aromatic amines is 1. The van der Waals surface area contributed by atoms with Gasteiger partial charge in [-0.3, -0.25) is 0 Å². The van der Waals surface area contributed by atoms with Crippen molar-refractivity contribution in [2.75, 3.05) is 0 Å². The van der Waals surface area contributed by atoms with E-state index in [4.69, 9.17) is 10.1 Å². The van der Waals surface area contributed by atoms with Crippen molar-refractivity contribution < 1.29 is 5.11 Å². The lowest BCUT2D eigenvalue weighted by Crippen LogP contribution is -2.00. The van der Waals surface area contributed by atoms with Crippen LogP contribution in [0.15, 0.2) is 121 Å². The van der Waals surface area contributed by atoms with Crippen LogP contribution in [0, 0.1) is 0 Å². The Bertz CT molecular complexity index is 2210. The summed E-state index contributed by atoms with van der Waals surface area (Å²) in [5.74, 6) is 0.888. The summed E-state index contributed by atoms with van der Waals surface area (Å²) in [6, 6.07) is 40.6. The molecule has 0 amide bonds. The zero-order chi connectivity index (χ0) is 25.9. The summed E-state index contributed by atoms with van der Waals surface area (Å²) >= 11 is 0. The van der Waals surface area contributed by atoms with Gasteiger partial charge in [0.2, 0.25) is 0 Å². The monoisotopic (exact) mass is 502 g/mol. The topological polar surface area (TPSA) is 66.7 Å². The molecule has 0 bridgehead atoms. The van der Waals surface area contributed by atoms with E-state index in [2.05, 4.69) is 71.7 Å². The second-order valence-corrected chi connectivity index (χ2v) is 9.74. The summed E-state index contributed by atoms with van der Waals surface area (Å²) in [5.41, 5.74) is 6.45. The number of rotatable bonds is 3. The van der Waals surface area contributed by atoms with Gasteiger partial charge < -0.3 is 10.1 Å². The van der Waals surface area contributed by atoms with Gasteiger partial charge in [0.15, 0.2) is 5.82 Å². The lowest BCUT2D eigenvalue weighted by molar-refractivity contribution is 0.477. The molecule has 2 N–H and O–H groups in total. The number of aromatic nitrogens is 4. The molecule has 0 radical (unpaired) electrons. The minimum atomic E-state index is 0.200. The van der Waals surface area contributed by atoms with Crippen molar-refractivity contribution >= 4 is 43.5 Å². The molecule has 0 fully saturated rings. The van der Waals surface area contributed by atoms with Gasteiger partial charge in [-0.25, -0.2) is 9.67 Å². The van der Waals surface area contributed by atoms with Crippen LogP contribution in [-0.2, 0) is 0 Å². The molecule has 0 aliphatic rings. The van der Waals surface area contributed by atoms with Crippen LogP contribution in [0.2, 0.25) is 0 Å². The summed E-state index contributed by atoms with van der Waals surface area (Å²) in [6.45, 7) is 0. The molecule has 0 saturated carbocycles. The molecule has 0 aliphatic heterocycles. The maximum Gasteiger partial charge on any atom is 0.154 e. The lowest BCUT2D eigenvalue weighted by Gasteiger charge is -2.07. The predicted molar refractivity (Wildman–Crippen MR) is 158 cm³/mol. The van der Waals surface area contributed by atoms with Gasteiger partial charge >= 0.3 is 0 Å². The van der Waals surface area contributed by atoms with Crippen LogP contribution in [0.1, 0.15) is 0 Å². The Kier molecular flexibility index (Phi) is 4.60. The Morgan fingerprint density at radius 3 is 2.28 bits per heavy atom. The van der Waals surface area contributed by atoms with Crippen molar-refractivity contribution in [3.05, 3.63) is 121 Å². The quantitative estimate of drug-likeness (QED) is 0.256. The number of benzene rings is 5. The molecule has 39 heavy (non-hydrogen) atoms. The fourth-order valence-corrected chi connectivity index (χ4v) is 5.71. The van der Waals surface area contributed by atoms with Gasteiger partial charge in [-0.1, -0.05) is 84.9 Å². The molecular weight excluding hydrogens is 480 g/mol. The number of nitrogens with zero attached hydrogens (tertiary/aromatic N) is 3. The number of hydrogen-bond acceptors (Lipinski definition) is 3. The fourth-order valence-electron chi connectivity index (χ4n) is 5.71. The molecule has 0 atom stereocenters. The van der Waals surface area contributed by atoms with E-state index in [1.807, 2.05) is 53.2 Å². The normalized spacial score (nSPS) is 11.7. The Balaban J connectivity index is 1.37. The Hall–Kier alpha value is -5.42. The number of nitrogens with one attached hydrogen (secondary N) is 1. The van der Waals surface area contributed by atoms with Gasteiger partial charge in [0.25, 0.3) is 0 Å². The molecule has 5 aromatic carbocycles. The first kappa shape index (κ1) is 21.6. The molecule has 3 heterocycles. The van der Waals surface area contributed by atoms with Crippen molar-refractivity contribution in [2.24, 2.45) is 0 Å². The van der Waals surface area contributed by atoms with E-state index in [9.17, 15) is 5.11 Å². The van der Waals surface area contributed by atoms with E-state index >= 15 is 0 Å². The van der Waals surface area contributed by atoms with Crippen LogP contribution in [0.4, 0.5) is 0 Å². The Morgan fingerprint density at radius 2 is 1.36 bits per heavy atom. The van der Waals surface area contributed by atoms with Gasteiger partial charge in [0.05, 0.1) is 16.7 Å². The minimum absolute atomic E-state index is 0.200. The number of pyridine rings is 1. The van der Waals surface area contributed by atoms with E-state index in [0.29, 0.717) is 17.1 Å². The highest BCUT2D eigenvalue weighted by Crippen LogP contribution is 2.39. The van der Waals surface area contributed by atoms with Crippen molar-refractivity contribution in [1.29, 1.82) is 0 Å². The number of aromatic hydroxyl groups is 1. The zero-order valence-electron chi connectivity index (χ0n) is 20.8. The third-order valence-electron chi connectivity index (χ3n) is 7.50. The number of H-pyrrole nitrogens is 1. The first-order chi connectivity index (χ1) is 19.3. The zero-order valence-corrected chi connectivity index (χ0v) is 20.8. The van der Waals surface area contributed by atoms with Crippen molar-refractivity contribution in [3.63, 3.8) is 0 Å². The molecule has 0 aliphatic carbocycles. The SMILES string of the molecule is Oc1ccccc1-c1cccc(-n2nc(-c3cccc4c3[nH]c3ccc5ccccc5c34)c3ccccc32)n1. The van der Waals surface area contributed by atoms with E-state index in [0.717, 1.165) is 33.2 Å². The van der Waals surface area contributed by atoms with E-state index in [1.54, 1.807) is 6.07 Å². The lowest BCUT2D eigenvalue weighted by atomic mass is 10.0. The van der Waals surface area contributed by atoms with Crippen molar-refractivity contribution in [3.8, 4) is 34.1 Å². The van der Waals surface area contributed by atoms with Crippen LogP contribution in [0.25, 0.3) is 71.8 Å². The molecule has 0 spiro atoms. The van der Waals surface area contributed by atoms with Gasteiger partial charge in [-0.15, -0.1) is 0 Å². The fraction of sp³-hybridized carbons (Fsp3) is 0. The molecule has 0 saturated heterocycles. The van der Waals surface area contributed by atoms with E-state index < -0.39 is 0 Å². The average molecular weight is 503 g/mol. The van der Waals surface area contributed by atoms with Crippen LogP contribution in [0.3, 0.4) is 0 Å². The van der Waals surface area contributed by atoms with Gasteiger partial charge in [0, 0.05) is 32.8 Å².